The third-order valence-corrected chi connectivity index (χ3v) is 4.27. The Morgan fingerprint density at radius 2 is 2.27 bits per heavy atom. The number of aryl methyl sites for hydroxylation is 1. The number of hydrogen-bond acceptors (Lipinski definition) is 4. The summed E-state index contributed by atoms with van der Waals surface area (Å²) in [6.07, 6.45) is 7.50. The van der Waals surface area contributed by atoms with Crippen LogP contribution in [0.5, 0.6) is 0 Å². The van der Waals surface area contributed by atoms with Crippen molar-refractivity contribution in [2.75, 3.05) is 19.6 Å². The van der Waals surface area contributed by atoms with Crippen molar-refractivity contribution in [3.63, 3.8) is 0 Å². The molecule has 22 heavy (non-hydrogen) atoms. The van der Waals surface area contributed by atoms with E-state index in [4.69, 9.17) is 4.42 Å². The molecule has 1 aliphatic heterocycles. The zero-order valence-corrected chi connectivity index (χ0v) is 12.8. The Hall–Kier alpha value is -1.94. The predicted molar refractivity (Wildman–Crippen MR) is 84.8 cm³/mol. The Morgan fingerprint density at radius 1 is 1.32 bits per heavy atom. The highest BCUT2D eigenvalue weighted by Gasteiger charge is 2.26. The summed E-state index contributed by atoms with van der Waals surface area (Å²) in [6, 6.07) is 9.49. The largest absolute Gasteiger partial charge is 0.469 e. The van der Waals surface area contributed by atoms with E-state index in [1.807, 2.05) is 30.3 Å². The second-order valence-corrected chi connectivity index (χ2v) is 5.90. The lowest BCUT2D eigenvalue weighted by Crippen LogP contribution is -2.39. The Kier molecular flexibility index (Phi) is 5.01. The summed E-state index contributed by atoms with van der Waals surface area (Å²) < 4.78 is 5.36. The van der Waals surface area contributed by atoms with Gasteiger partial charge in [-0.05, 0) is 56.6 Å². The molecule has 2 aromatic rings. The first-order valence-corrected chi connectivity index (χ1v) is 8.03. The Morgan fingerprint density at radius 3 is 3.05 bits per heavy atom. The summed E-state index contributed by atoms with van der Waals surface area (Å²) in [5.41, 5.74) is 0.602. The first-order valence-electron chi connectivity index (χ1n) is 8.03. The summed E-state index contributed by atoms with van der Waals surface area (Å²) in [4.78, 5) is 19.1. The summed E-state index contributed by atoms with van der Waals surface area (Å²) in [7, 11) is 0. The molecule has 0 N–H and O–H groups in total. The smallest absolute Gasteiger partial charge is 0.185 e. The second kappa shape index (κ2) is 7.36. The van der Waals surface area contributed by atoms with Crippen LogP contribution in [-0.4, -0.2) is 35.3 Å². The zero-order valence-electron chi connectivity index (χ0n) is 12.8. The van der Waals surface area contributed by atoms with Gasteiger partial charge < -0.3 is 9.32 Å². The zero-order chi connectivity index (χ0) is 15.2. The molecule has 0 saturated carbocycles. The lowest BCUT2D eigenvalue weighted by molar-refractivity contribution is 0.0813. The van der Waals surface area contributed by atoms with E-state index in [0.29, 0.717) is 5.69 Å². The Bertz CT molecular complexity index is 580. The number of nitrogens with zero attached hydrogens (tertiary/aromatic N) is 2. The average Bonchev–Trinajstić information content (AvgIpc) is 3.09. The van der Waals surface area contributed by atoms with E-state index in [1.54, 1.807) is 12.5 Å². The van der Waals surface area contributed by atoms with Crippen LogP contribution in [-0.2, 0) is 6.42 Å². The highest BCUT2D eigenvalue weighted by molar-refractivity contribution is 5.96. The van der Waals surface area contributed by atoms with Gasteiger partial charge in [-0.25, -0.2) is 0 Å². The number of Topliss-reactive ketones (excluding diaryl/α,β-unsaturated/α-hetero) is 1. The van der Waals surface area contributed by atoms with Gasteiger partial charge in [-0.1, -0.05) is 6.07 Å². The lowest BCUT2D eigenvalue weighted by Gasteiger charge is -2.31. The maximum Gasteiger partial charge on any atom is 0.185 e. The van der Waals surface area contributed by atoms with E-state index in [2.05, 4.69) is 9.88 Å². The third kappa shape index (κ3) is 3.83. The van der Waals surface area contributed by atoms with Gasteiger partial charge in [-0.15, -0.1) is 0 Å². The normalized spacial score (nSPS) is 19.2. The number of likely N-dealkylation sites (tertiary alicyclic amines) is 1. The number of aromatic nitrogens is 1. The van der Waals surface area contributed by atoms with Crippen molar-refractivity contribution < 1.29 is 9.21 Å². The third-order valence-electron chi connectivity index (χ3n) is 4.27. The van der Waals surface area contributed by atoms with E-state index < -0.39 is 0 Å². The molecule has 1 atom stereocenters. The molecular weight excluding hydrogens is 276 g/mol. The number of carbonyl (C=O) groups is 1. The van der Waals surface area contributed by atoms with E-state index >= 15 is 0 Å². The maximum absolute atomic E-state index is 12.5. The highest BCUT2D eigenvalue weighted by Crippen LogP contribution is 2.20. The standard InChI is InChI=1S/C18H22N2O2/c21-18(17-9-1-2-10-19-17)15-6-3-11-20(14-15)12-4-7-16-8-5-13-22-16/h1-2,5,8-10,13,15H,3-4,6-7,11-12,14H2. The number of ketones is 1. The molecular formula is C18H22N2O2. The molecule has 3 rings (SSSR count). The van der Waals surface area contributed by atoms with Gasteiger partial charge in [0, 0.05) is 25.1 Å². The van der Waals surface area contributed by atoms with Crippen LogP contribution in [0.4, 0.5) is 0 Å². The summed E-state index contributed by atoms with van der Waals surface area (Å²) in [5.74, 6) is 1.32. The van der Waals surface area contributed by atoms with Crippen LogP contribution >= 0.6 is 0 Å². The number of piperidine rings is 1. The SMILES string of the molecule is O=C(c1ccccn1)C1CCCN(CCCc2ccco2)C1. The predicted octanol–water partition coefficient (Wildman–Crippen LogP) is 3.20. The van der Waals surface area contributed by atoms with E-state index in [-0.39, 0.29) is 11.7 Å². The van der Waals surface area contributed by atoms with Crippen LogP contribution in [0.25, 0.3) is 0 Å². The topological polar surface area (TPSA) is 46.3 Å². The molecule has 1 saturated heterocycles. The number of hydrogen-bond donors (Lipinski definition) is 0. The van der Waals surface area contributed by atoms with Crippen molar-refractivity contribution in [3.05, 3.63) is 54.2 Å². The minimum Gasteiger partial charge on any atom is -0.469 e. The quantitative estimate of drug-likeness (QED) is 0.768. The molecule has 0 aliphatic carbocycles. The summed E-state index contributed by atoms with van der Waals surface area (Å²) >= 11 is 0. The van der Waals surface area contributed by atoms with Gasteiger partial charge in [-0.3, -0.25) is 9.78 Å². The molecule has 0 amide bonds. The van der Waals surface area contributed by atoms with Crippen LogP contribution in [0.3, 0.4) is 0 Å². The van der Waals surface area contributed by atoms with E-state index in [0.717, 1.165) is 51.1 Å². The van der Waals surface area contributed by atoms with E-state index in [9.17, 15) is 4.79 Å². The molecule has 2 aromatic heterocycles. The van der Waals surface area contributed by atoms with Gasteiger partial charge >= 0.3 is 0 Å². The molecule has 0 aromatic carbocycles. The minimum absolute atomic E-state index is 0.0901. The number of rotatable bonds is 6. The van der Waals surface area contributed by atoms with Gasteiger partial charge in [0.2, 0.25) is 0 Å². The summed E-state index contributed by atoms with van der Waals surface area (Å²) in [6.45, 7) is 2.96. The molecule has 3 heterocycles. The molecule has 4 nitrogen and oxygen atoms in total. The van der Waals surface area contributed by atoms with Crippen molar-refractivity contribution in [2.45, 2.75) is 25.7 Å². The molecule has 1 unspecified atom stereocenters. The van der Waals surface area contributed by atoms with E-state index in [1.165, 1.54) is 0 Å². The number of pyridine rings is 1. The molecule has 0 spiro atoms. The minimum atomic E-state index is 0.0901. The highest BCUT2D eigenvalue weighted by atomic mass is 16.3. The number of carbonyl (C=O) groups excluding carboxylic acids is 1. The fourth-order valence-electron chi connectivity index (χ4n) is 3.12. The first-order chi connectivity index (χ1) is 10.8. The van der Waals surface area contributed by atoms with Crippen molar-refractivity contribution in [1.29, 1.82) is 0 Å². The van der Waals surface area contributed by atoms with Crippen LogP contribution in [0.2, 0.25) is 0 Å². The number of furan rings is 1. The van der Waals surface area contributed by atoms with Crippen molar-refractivity contribution in [1.82, 2.24) is 9.88 Å². The van der Waals surface area contributed by atoms with Crippen LogP contribution in [0.1, 0.15) is 35.5 Å². The average molecular weight is 298 g/mol. The fourth-order valence-corrected chi connectivity index (χ4v) is 3.12. The monoisotopic (exact) mass is 298 g/mol. The fraction of sp³-hybridized carbons (Fsp3) is 0.444. The van der Waals surface area contributed by atoms with Gasteiger partial charge in [0.1, 0.15) is 11.5 Å². The maximum atomic E-state index is 12.5. The molecule has 4 heteroatoms. The molecule has 1 aliphatic rings. The van der Waals surface area contributed by atoms with Gasteiger partial charge in [0.15, 0.2) is 5.78 Å². The van der Waals surface area contributed by atoms with Gasteiger partial charge in [0.25, 0.3) is 0 Å². The molecule has 0 radical (unpaired) electrons. The van der Waals surface area contributed by atoms with Crippen molar-refractivity contribution >= 4 is 5.78 Å². The summed E-state index contributed by atoms with van der Waals surface area (Å²) in [5, 5.41) is 0. The molecule has 1 fully saturated rings. The lowest BCUT2D eigenvalue weighted by atomic mass is 9.92. The molecule has 0 bridgehead atoms. The van der Waals surface area contributed by atoms with Gasteiger partial charge in [-0.2, -0.15) is 0 Å². The Labute approximate surface area is 131 Å². The second-order valence-electron chi connectivity index (χ2n) is 5.90. The van der Waals surface area contributed by atoms with Gasteiger partial charge in [0.05, 0.1) is 6.26 Å². The first kappa shape index (κ1) is 15.0. The van der Waals surface area contributed by atoms with Crippen LogP contribution < -0.4 is 0 Å². The van der Waals surface area contributed by atoms with Crippen LogP contribution in [0, 0.1) is 5.92 Å². The van der Waals surface area contributed by atoms with Crippen molar-refractivity contribution in [2.24, 2.45) is 5.92 Å². The van der Waals surface area contributed by atoms with Crippen LogP contribution in [0.15, 0.2) is 47.2 Å². The Balaban J connectivity index is 1.50. The molecule has 116 valence electrons. The van der Waals surface area contributed by atoms with Crippen molar-refractivity contribution in [3.8, 4) is 0 Å².